The van der Waals surface area contributed by atoms with Gasteiger partial charge in [-0.3, -0.25) is 14.2 Å². The molecule has 1 aliphatic heterocycles. The summed E-state index contributed by atoms with van der Waals surface area (Å²) in [7, 11) is 0. The quantitative estimate of drug-likeness (QED) is 0.715. The molecule has 0 saturated heterocycles. The van der Waals surface area contributed by atoms with Gasteiger partial charge >= 0.3 is 0 Å². The minimum atomic E-state index is -0.311. The normalized spacial score (nSPS) is 16.4. The molecule has 138 valence electrons. The molecule has 0 N–H and O–H groups in total. The Hall–Kier alpha value is -2.95. The Balaban J connectivity index is 1.83. The van der Waals surface area contributed by atoms with Crippen molar-refractivity contribution >= 4 is 22.5 Å². The summed E-state index contributed by atoms with van der Waals surface area (Å²) in [5, 5.41) is 0.616. The van der Waals surface area contributed by atoms with E-state index in [0.717, 1.165) is 11.3 Å². The second-order valence-electron chi connectivity index (χ2n) is 7.21. The molecule has 0 spiro atoms. The van der Waals surface area contributed by atoms with Gasteiger partial charge in [0.2, 0.25) is 5.91 Å². The van der Waals surface area contributed by atoms with Gasteiger partial charge in [0.25, 0.3) is 5.56 Å². The first-order valence-electron chi connectivity index (χ1n) is 9.43. The Bertz CT molecular complexity index is 1080. The molecular formula is C22H23N3O2. The van der Waals surface area contributed by atoms with Crippen LogP contribution >= 0.6 is 0 Å². The molecule has 0 saturated carbocycles. The third kappa shape index (κ3) is 2.74. The van der Waals surface area contributed by atoms with Crippen LogP contribution in [0.1, 0.15) is 38.1 Å². The number of hydrogen-bond donors (Lipinski definition) is 0. The lowest BCUT2D eigenvalue weighted by Gasteiger charge is -2.22. The maximum atomic E-state index is 13.2. The van der Waals surface area contributed by atoms with Crippen LogP contribution in [-0.4, -0.2) is 21.5 Å². The van der Waals surface area contributed by atoms with Crippen LogP contribution < -0.4 is 10.5 Å². The zero-order chi connectivity index (χ0) is 19.1. The first-order valence-corrected chi connectivity index (χ1v) is 9.43. The van der Waals surface area contributed by atoms with E-state index >= 15 is 0 Å². The van der Waals surface area contributed by atoms with E-state index in [1.165, 1.54) is 0 Å². The van der Waals surface area contributed by atoms with Crippen molar-refractivity contribution in [1.29, 1.82) is 0 Å². The molecule has 0 fully saturated rings. The van der Waals surface area contributed by atoms with Gasteiger partial charge in [-0.1, -0.05) is 30.3 Å². The Morgan fingerprint density at radius 1 is 1.04 bits per heavy atom. The van der Waals surface area contributed by atoms with E-state index < -0.39 is 0 Å². The summed E-state index contributed by atoms with van der Waals surface area (Å²) in [5.74, 6) is 0.436. The van der Waals surface area contributed by atoms with Crippen LogP contribution in [0, 0.1) is 0 Å². The molecule has 0 unspecified atom stereocenters. The Morgan fingerprint density at radius 3 is 2.48 bits per heavy atom. The number of amides is 1. The zero-order valence-corrected chi connectivity index (χ0v) is 15.8. The fraction of sp³-hybridized carbons (Fsp3) is 0.318. The van der Waals surface area contributed by atoms with Gasteiger partial charge in [0.15, 0.2) is 0 Å². The van der Waals surface area contributed by atoms with E-state index in [9.17, 15) is 9.59 Å². The lowest BCUT2D eigenvalue weighted by atomic mass is 9.96. The van der Waals surface area contributed by atoms with Crippen LogP contribution in [0.15, 0.2) is 53.3 Å². The van der Waals surface area contributed by atoms with E-state index in [-0.39, 0.29) is 23.4 Å². The SMILES string of the molecule is CCn1c(C[C@H]2C(=O)N(C(C)C)c3ccccc32)nc2ccccc2c1=O. The van der Waals surface area contributed by atoms with Gasteiger partial charge in [-0.15, -0.1) is 0 Å². The number of nitrogens with zero attached hydrogens (tertiary/aromatic N) is 3. The maximum Gasteiger partial charge on any atom is 0.261 e. The summed E-state index contributed by atoms with van der Waals surface area (Å²) in [6.45, 7) is 6.51. The first kappa shape index (κ1) is 17.5. The zero-order valence-electron chi connectivity index (χ0n) is 15.8. The summed E-state index contributed by atoms with van der Waals surface area (Å²) >= 11 is 0. The minimum Gasteiger partial charge on any atom is -0.309 e. The van der Waals surface area contributed by atoms with Crippen molar-refractivity contribution in [3.8, 4) is 0 Å². The predicted octanol–water partition coefficient (Wildman–Crippen LogP) is 3.50. The number of carbonyl (C=O) groups is 1. The topological polar surface area (TPSA) is 55.2 Å². The molecule has 5 nitrogen and oxygen atoms in total. The molecule has 27 heavy (non-hydrogen) atoms. The van der Waals surface area contributed by atoms with Gasteiger partial charge < -0.3 is 4.90 Å². The van der Waals surface area contributed by atoms with Gasteiger partial charge in [0, 0.05) is 24.7 Å². The number of carbonyl (C=O) groups excluding carboxylic acids is 1. The van der Waals surface area contributed by atoms with Gasteiger partial charge in [-0.25, -0.2) is 4.98 Å². The van der Waals surface area contributed by atoms with Crippen molar-refractivity contribution in [3.05, 3.63) is 70.3 Å². The molecule has 1 atom stereocenters. The van der Waals surface area contributed by atoms with Crippen LogP contribution in [0.3, 0.4) is 0 Å². The third-order valence-electron chi connectivity index (χ3n) is 5.27. The highest BCUT2D eigenvalue weighted by Gasteiger charge is 2.38. The largest absolute Gasteiger partial charge is 0.309 e. The molecule has 3 aromatic rings. The molecule has 2 aromatic carbocycles. The summed E-state index contributed by atoms with van der Waals surface area (Å²) < 4.78 is 1.69. The molecule has 0 aliphatic carbocycles. The van der Waals surface area contributed by atoms with Gasteiger partial charge in [0.05, 0.1) is 16.8 Å². The van der Waals surface area contributed by atoms with Crippen molar-refractivity contribution in [1.82, 2.24) is 9.55 Å². The summed E-state index contributed by atoms with van der Waals surface area (Å²) in [4.78, 5) is 32.6. The summed E-state index contributed by atoms with van der Waals surface area (Å²) in [6.07, 6.45) is 0.424. The number of hydrogen-bond acceptors (Lipinski definition) is 3. The van der Waals surface area contributed by atoms with Crippen molar-refractivity contribution in [2.45, 2.75) is 45.7 Å². The highest BCUT2D eigenvalue weighted by Crippen LogP contribution is 2.39. The van der Waals surface area contributed by atoms with Crippen LogP contribution in [0.5, 0.6) is 0 Å². The average Bonchev–Trinajstić information content (AvgIpc) is 2.94. The summed E-state index contributed by atoms with van der Waals surface area (Å²) in [6, 6.07) is 15.4. The van der Waals surface area contributed by atoms with E-state index in [4.69, 9.17) is 4.98 Å². The molecule has 1 aromatic heterocycles. The van der Waals surface area contributed by atoms with Crippen molar-refractivity contribution < 1.29 is 4.79 Å². The third-order valence-corrected chi connectivity index (χ3v) is 5.27. The molecule has 4 rings (SSSR count). The van der Waals surface area contributed by atoms with Gasteiger partial charge in [-0.05, 0) is 44.5 Å². The van der Waals surface area contributed by atoms with Crippen LogP contribution in [-0.2, 0) is 17.8 Å². The lowest BCUT2D eigenvalue weighted by molar-refractivity contribution is -0.119. The Labute approximate surface area is 158 Å². The van der Waals surface area contributed by atoms with Crippen molar-refractivity contribution in [3.63, 3.8) is 0 Å². The fourth-order valence-electron chi connectivity index (χ4n) is 4.03. The van der Waals surface area contributed by atoms with E-state index in [0.29, 0.717) is 29.7 Å². The van der Waals surface area contributed by atoms with Crippen LogP contribution in [0.2, 0.25) is 0 Å². The second kappa shape index (κ2) is 6.65. The van der Waals surface area contributed by atoms with Crippen LogP contribution in [0.25, 0.3) is 10.9 Å². The monoisotopic (exact) mass is 361 g/mol. The number of rotatable bonds is 4. The molecule has 5 heteroatoms. The molecule has 2 heterocycles. The Morgan fingerprint density at radius 2 is 1.74 bits per heavy atom. The molecule has 0 radical (unpaired) electrons. The van der Waals surface area contributed by atoms with Crippen LogP contribution in [0.4, 0.5) is 5.69 Å². The molecule has 1 aliphatic rings. The van der Waals surface area contributed by atoms with Gasteiger partial charge in [-0.2, -0.15) is 0 Å². The highest BCUT2D eigenvalue weighted by molar-refractivity contribution is 6.05. The second-order valence-corrected chi connectivity index (χ2v) is 7.21. The number of fused-ring (bicyclic) bond motifs is 2. The minimum absolute atomic E-state index is 0.0439. The summed E-state index contributed by atoms with van der Waals surface area (Å²) in [5.41, 5.74) is 2.62. The van der Waals surface area contributed by atoms with E-state index in [1.807, 2.05) is 68.1 Å². The number of para-hydroxylation sites is 2. The predicted molar refractivity (Wildman–Crippen MR) is 107 cm³/mol. The van der Waals surface area contributed by atoms with E-state index in [1.54, 1.807) is 10.6 Å². The van der Waals surface area contributed by atoms with Gasteiger partial charge in [0.1, 0.15) is 5.82 Å². The number of benzene rings is 2. The maximum absolute atomic E-state index is 13.2. The van der Waals surface area contributed by atoms with E-state index in [2.05, 4.69) is 0 Å². The number of anilines is 1. The Kier molecular flexibility index (Phi) is 4.30. The first-order chi connectivity index (χ1) is 13.0. The van der Waals surface area contributed by atoms with Crippen molar-refractivity contribution in [2.75, 3.05) is 4.90 Å². The smallest absolute Gasteiger partial charge is 0.261 e. The highest BCUT2D eigenvalue weighted by atomic mass is 16.2. The van der Waals surface area contributed by atoms with Crippen molar-refractivity contribution in [2.24, 2.45) is 0 Å². The molecule has 1 amide bonds. The fourth-order valence-corrected chi connectivity index (χ4v) is 4.03. The lowest BCUT2D eigenvalue weighted by Crippen LogP contribution is -2.36. The average molecular weight is 361 g/mol. The standard InChI is InChI=1S/C22H23N3O2/c1-4-24-20(23-18-11-7-5-10-16(18)21(24)26)13-17-15-9-6-8-12-19(15)25(14(2)3)22(17)27/h5-12,14,17H,4,13H2,1-3H3/t17-/m1/s1. The molecular weight excluding hydrogens is 338 g/mol. The molecule has 0 bridgehead atoms. The number of aromatic nitrogens is 2.